The molecule has 1 aliphatic heterocycles. The van der Waals surface area contributed by atoms with E-state index in [9.17, 15) is 27.2 Å². The lowest BCUT2D eigenvalue weighted by atomic mass is 9.95. The molecule has 0 bridgehead atoms. The second kappa shape index (κ2) is 9.15. The summed E-state index contributed by atoms with van der Waals surface area (Å²) in [5.74, 6) is -2.38. The van der Waals surface area contributed by atoms with Crippen LogP contribution in [0.2, 0.25) is 0 Å². The molecule has 0 unspecified atom stereocenters. The summed E-state index contributed by atoms with van der Waals surface area (Å²) in [6.45, 7) is 0.179. The molecule has 0 atom stereocenters. The number of halogens is 4. The van der Waals surface area contributed by atoms with Crippen molar-refractivity contribution >= 4 is 17.5 Å². The Morgan fingerprint density at radius 2 is 1.73 bits per heavy atom. The first kappa shape index (κ1) is 21.6. The fraction of sp³-hybridized carbons (Fsp3) is 0.333. The van der Waals surface area contributed by atoms with E-state index in [0.29, 0.717) is 43.8 Å². The van der Waals surface area contributed by atoms with Gasteiger partial charge in [-0.25, -0.2) is 4.39 Å². The summed E-state index contributed by atoms with van der Waals surface area (Å²) in [6, 6.07) is 10.9. The molecular weight excluding hydrogens is 404 g/mol. The van der Waals surface area contributed by atoms with Crippen molar-refractivity contribution in [3.63, 3.8) is 0 Å². The van der Waals surface area contributed by atoms with Crippen molar-refractivity contribution in [3.8, 4) is 5.75 Å². The summed E-state index contributed by atoms with van der Waals surface area (Å²) in [6.07, 6.45) is -3.72. The number of nitrogens with one attached hydrogen (secondary N) is 1. The zero-order chi connectivity index (χ0) is 21.7. The molecule has 2 aromatic rings. The molecule has 0 spiro atoms. The van der Waals surface area contributed by atoms with Crippen LogP contribution in [0.3, 0.4) is 0 Å². The van der Waals surface area contributed by atoms with Crippen molar-refractivity contribution in [1.29, 1.82) is 0 Å². The van der Waals surface area contributed by atoms with Crippen LogP contribution in [0.25, 0.3) is 0 Å². The highest BCUT2D eigenvalue weighted by Gasteiger charge is 2.32. The maximum absolute atomic E-state index is 13.8. The van der Waals surface area contributed by atoms with Gasteiger partial charge in [-0.1, -0.05) is 18.2 Å². The van der Waals surface area contributed by atoms with Gasteiger partial charge in [0.05, 0.1) is 5.56 Å². The Morgan fingerprint density at radius 3 is 2.33 bits per heavy atom. The minimum Gasteiger partial charge on any atom is -0.481 e. The van der Waals surface area contributed by atoms with Gasteiger partial charge in [0, 0.05) is 24.7 Å². The molecule has 1 saturated heterocycles. The van der Waals surface area contributed by atoms with Gasteiger partial charge in [-0.3, -0.25) is 9.59 Å². The van der Waals surface area contributed by atoms with Crippen LogP contribution in [0.5, 0.6) is 5.75 Å². The van der Waals surface area contributed by atoms with E-state index in [1.807, 2.05) is 18.2 Å². The van der Waals surface area contributed by atoms with E-state index in [4.69, 9.17) is 4.74 Å². The van der Waals surface area contributed by atoms with Crippen LogP contribution in [0, 0.1) is 11.7 Å². The number of hydrogen-bond donors (Lipinski definition) is 1. The molecule has 0 aromatic heterocycles. The molecule has 3 rings (SSSR count). The van der Waals surface area contributed by atoms with Crippen LogP contribution in [0.4, 0.5) is 23.2 Å². The van der Waals surface area contributed by atoms with E-state index in [1.165, 1.54) is 4.90 Å². The summed E-state index contributed by atoms with van der Waals surface area (Å²) >= 11 is 0. The van der Waals surface area contributed by atoms with E-state index in [-0.39, 0.29) is 11.8 Å². The topological polar surface area (TPSA) is 58.6 Å². The quantitative estimate of drug-likeness (QED) is 0.736. The average molecular weight is 424 g/mol. The third-order valence-corrected chi connectivity index (χ3v) is 4.87. The lowest BCUT2D eigenvalue weighted by Crippen LogP contribution is -2.43. The van der Waals surface area contributed by atoms with Crippen molar-refractivity contribution in [3.05, 3.63) is 59.9 Å². The first-order chi connectivity index (χ1) is 14.2. The number of nitrogens with zero attached hydrogens (tertiary/aromatic N) is 1. The summed E-state index contributed by atoms with van der Waals surface area (Å²) < 4.78 is 56.6. The molecular formula is C21H20F4N2O3. The number of carbonyl (C=O) groups excluding carboxylic acids is 2. The van der Waals surface area contributed by atoms with Gasteiger partial charge >= 0.3 is 6.18 Å². The molecule has 0 aliphatic carbocycles. The van der Waals surface area contributed by atoms with E-state index >= 15 is 0 Å². The van der Waals surface area contributed by atoms with Crippen molar-refractivity contribution in [2.45, 2.75) is 19.0 Å². The Balaban J connectivity index is 1.47. The summed E-state index contributed by atoms with van der Waals surface area (Å²) in [5, 5.41) is 2.83. The van der Waals surface area contributed by atoms with Crippen molar-refractivity contribution in [2.75, 3.05) is 25.0 Å². The highest BCUT2D eigenvalue weighted by Crippen LogP contribution is 2.32. The van der Waals surface area contributed by atoms with Crippen LogP contribution in [0.15, 0.2) is 48.5 Å². The number of ether oxygens (including phenoxy) is 1. The van der Waals surface area contributed by atoms with Crippen LogP contribution in [-0.4, -0.2) is 36.4 Å². The lowest BCUT2D eigenvalue weighted by molar-refractivity contribution is -0.138. The van der Waals surface area contributed by atoms with E-state index in [2.05, 4.69) is 5.32 Å². The molecule has 0 radical (unpaired) electrons. The van der Waals surface area contributed by atoms with Crippen LogP contribution >= 0.6 is 0 Å². The lowest BCUT2D eigenvalue weighted by Gasteiger charge is -2.31. The predicted molar refractivity (Wildman–Crippen MR) is 101 cm³/mol. The minimum atomic E-state index is -4.66. The molecule has 2 amide bonds. The monoisotopic (exact) mass is 424 g/mol. The fourth-order valence-electron chi connectivity index (χ4n) is 3.18. The zero-order valence-electron chi connectivity index (χ0n) is 15.9. The molecule has 0 saturated carbocycles. The van der Waals surface area contributed by atoms with Crippen molar-refractivity contribution < 1.29 is 31.9 Å². The van der Waals surface area contributed by atoms with Crippen molar-refractivity contribution in [1.82, 2.24) is 4.90 Å². The van der Waals surface area contributed by atoms with Crippen LogP contribution in [0.1, 0.15) is 18.4 Å². The van der Waals surface area contributed by atoms with Crippen molar-refractivity contribution in [2.24, 2.45) is 5.92 Å². The Kier molecular flexibility index (Phi) is 6.59. The number of benzene rings is 2. The number of amides is 2. The first-order valence-electron chi connectivity index (χ1n) is 9.37. The predicted octanol–water partition coefficient (Wildman–Crippen LogP) is 4.10. The number of para-hydroxylation sites is 1. The number of hydrogen-bond acceptors (Lipinski definition) is 3. The first-order valence-corrected chi connectivity index (χ1v) is 9.37. The smallest absolute Gasteiger partial charge is 0.416 e. The molecule has 9 heteroatoms. The number of anilines is 1. The molecule has 1 heterocycles. The van der Waals surface area contributed by atoms with Gasteiger partial charge in [-0.2, -0.15) is 13.2 Å². The Bertz CT molecular complexity index is 895. The third kappa shape index (κ3) is 5.49. The van der Waals surface area contributed by atoms with Gasteiger partial charge in [0.25, 0.3) is 5.91 Å². The SMILES string of the molecule is O=C(Nc1ccccc1)C1CCN(C(=O)COc2ccc(C(F)(F)F)cc2F)CC1. The second-order valence-electron chi connectivity index (χ2n) is 6.94. The highest BCUT2D eigenvalue weighted by atomic mass is 19.4. The van der Waals surface area contributed by atoms with Gasteiger partial charge < -0.3 is 15.0 Å². The maximum atomic E-state index is 13.8. The van der Waals surface area contributed by atoms with Gasteiger partial charge in [-0.15, -0.1) is 0 Å². The molecule has 30 heavy (non-hydrogen) atoms. The number of piperidine rings is 1. The summed E-state index contributed by atoms with van der Waals surface area (Å²) in [4.78, 5) is 26.1. The molecule has 160 valence electrons. The fourth-order valence-corrected chi connectivity index (χ4v) is 3.18. The summed E-state index contributed by atoms with van der Waals surface area (Å²) in [5.41, 5.74) is -0.428. The Morgan fingerprint density at radius 1 is 1.07 bits per heavy atom. The maximum Gasteiger partial charge on any atom is 0.416 e. The van der Waals surface area contributed by atoms with Crippen LogP contribution in [-0.2, 0) is 15.8 Å². The summed E-state index contributed by atoms with van der Waals surface area (Å²) in [7, 11) is 0. The number of alkyl halides is 3. The largest absolute Gasteiger partial charge is 0.481 e. The Labute approximate surface area is 170 Å². The average Bonchev–Trinajstić information content (AvgIpc) is 2.72. The number of rotatable bonds is 5. The van der Waals surface area contributed by atoms with Crippen LogP contribution < -0.4 is 10.1 Å². The van der Waals surface area contributed by atoms with E-state index in [0.717, 1.165) is 6.07 Å². The zero-order valence-corrected chi connectivity index (χ0v) is 15.9. The standard InChI is InChI=1S/C21H20F4N2O3/c22-17-12-15(21(23,24)25)6-7-18(17)30-13-19(28)27-10-8-14(9-11-27)20(29)26-16-4-2-1-3-5-16/h1-7,12,14H,8-11,13H2,(H,26,29). The number of likely N-dealkylation sites (tertiary alicyclic amines) is 1. The van der Waals surface area contributed by atoms with Gasteiger partial charge in [0.1, 0.15) is 0 Å². The Hall–Kier alpha value is -3.10. The molecule has 1 fully saturated rings. The van der Waals surface area contributed by atoms with Gasteiger partial charge in [0.2, 0.25) is 5.91 Å². The van der Waals surface area contributed by atoms with Gasteiger partial charge in [-0.05, 0) is 43.2 Å². The molecule has 1 N–H and O–H groups in total. The third-order valence-electron chi connectivity index (χ3n) is 4.87. The molecule has 2 aromatic carbocycles. The molecule has 1 aliphatic rings. The minimum absolute atomic E-state index is 0.114. The molecule has 5 nitrogen and oxygen atoms in total. The van der Waals surface area contributed by atoms with E-state index in [1.54, 1.807) is 12.1 Å². The van der Waals surface area contributed by atoms with Gasteiger partial charge in [0.15, 0.2) is 18.2 Å². The highest BCUT2D eigenvalue weighted by molar-refractivity contribution is 5.92. The number of carbonyl (C=O) groups is 2. The van der Waals surface area contributed by atoms with E-state index < -0.39 is 35.8 Å². The normalized spacial score (nSPS) is 15.0. The second-order valence-corrected chi connectivity index (χ2v) is 6.94.